The van der Waals surface area contributed by atoms with Gasteiger partial charge >= 0.3 is 0 Å². The van der Waals surface area contributed by atoms with Crippen LogP contribution in [-0.4, -0.2) is 57.0 Å². The van der Waals surface area contributed by atoms with E-state index < -0.39 is 6.04 Å². The standard InChI is InChI=1S/C17H20N6O3/c1-10-16(24)19-13-5-3-2-4-11(13)6-22(10)17(25)14-7-23(21-20-14)15-9-26-8-12(15)18/h2-5,7,10,12,15H,6,8-9,18H2,1H3,(H,19,24)/t10?,12-,15+/m0/s1. The molecule has 3 N–H and O–H groups in total. The number of fused-ring (bicyclic) bond motifs is 1. The van der Waals surface area contributed by atoms with Crippen LogP contribution in [0.4, 0.5) is 5.69 Å². The number of benzene rings is 1. The molecule has 0 saturated carbocycles. The Morgan fingerprint density at radius 2 is 2.15 bits per heavy atom. The number of hydrogen-bond acceptors (Lipinski definition) is 6. The maximum Gasteiger partial charge on any atom is 0.277 e. The lowest BCUT2D eigenvalue weighted by Gasteiger charge is -2.24. The molecule has 2 aromatic rings. The van der Waals surface area contributed by atoms with Crippen molar-refractivity contribution in [3.63, 3.8) is 0 Å². The molecule has 1 unspecified atom stereocenters. The van der Waals surface area contributed by atoms with E-state index in [2.05, 4.69) is 15.6 Å². The van der Waals surface area contributed by atoms with E-state index in [1.54, 1.807) is 17.8 Å². The first kappa shape index (κ1) is 16.7. The van der Waals surface area contributed by atoms with Crippen LogP contribution in [0, 0.1) is 0 Å². The SMILES string of the molecule is CC1C(=O)Nc2ccccc2CN1C(=O)c1cn([C@@H]2COC[C@@H]2N)nn1. The molecular formula is C17H20N6O3. The summed E-state index contributed by atoms with van der Waals surface area (Å²) in [5.41, 5.74) is 7.77. The number of hydrogen-bond donors (Lipinski definition) is 2. The van der Waals surface area contributed by atoms with E-state index in [1.165, 1.54) is 4.90 Å². The normalized spacial score (nSPS) is 25.5. The maximum atomic E-state index is 13.0. The highest BCUT2D eigenvalue weighted by Crippen LogP contribution is 2.24. The third-order valence-corrected chi connectivity index (χ3v) is 4.89. The van der Waals surface area contributed by atoms with Crippen molar-refractivity contribution >= 4 is 17.5 Å². The van der Waals surface area contributed by atoms with Crippen LogP contribution in [0.2, 0.25) is 0 Å². The molecule has 9 heteroatoms. The van der Waals surface area contributed by atoms with Crippen molar-refractivity contribution in [3.8, 4) is 0 Å². The lowest BCUT2D eigenvalue weighted by atomic mass is 10.1. The molecule has 3 atom stereocenters. The minimum atomic E-state index is -0.628. The highest BCUT2D eigenvalue weighted by Gasteiger charge is 2.33. The van der Waals surface area contributed by atoms with Crippen LogP contribution >= 0.6 is 0 Å². The average Bonchev–Trinajstić information content (AvgIpc) is 3.25. The summed E-state index contributed by atoms with van der Waals surface area (Å²) in [5.74, 6) is -0.579. The molecule has 1 saturated heterocycles. The molecule has 136 valence electrons. The Balaban J connectivity index is 1.61. The van der Waals surface area contributed by atoms with E-state index in [-0.39, 0.29) is 29.6 Å². The van der Waals surface area contributed by atoms with Crippen LogP contribution in [0.5, 0.6) is 0 Å². The van der Waals surface area contributed by atoms with Crippen LogP contribution in [0.15, 0.2) is 30.5 Å². The van der Waals surface area contributed by atoms with Gasteiger partial charge in [-0.2, -0.15) is 0 Å². The number of nitrogens with one attached hydrogen (secondary N) is 1. The molecule has 1 aromatic carbocycles. The Labute approximate surface area is 150 Å². The molecule has 2 aliphatic heterocycles. The molecule has 9 nitrogen and oxygen atoms in total. The van der Waals surface area contributed by atoms with Crippen LogP contribution in [0.1, 0.15) is 29.0 Å². The summed E-state index contributed by atoms with van der Waals surface area (Å²) in [7, 11) is 0. The second-order valence-corrected chi connectivity index (χ2v) is 6.61. The number of rotatable bonds is 2. The molecule has 0 radical (unpaired) electrons. The predicted molar refractivity (Wildman–Crippen MR) is 92.3 cm³/mol. The fourth-order valence-electron chi connectivity index (χ4n) is 3.24. The van der Waals surface area contributed by atoms with Gasteiger partial charge in [0.1, 0.15) is 6.04 Å². The van der Waals surface area contributed by atoms with E-state index in [0.29, 0.717) is 19.8 Å². The molecule has 0 bridgehead atoms. The van der Waals surface area contributed by atoms with E-state index in [4.69, 9.17) is 10.5 Å². The monoisotopic (exact) mass is 356 g/mol. The van der Waals surface area contributed by atoms with Gasteiger partial charge in [0.2, 0.25) is 5.91 Å². The lowest BCUT2D eigenvalue weighted by Crippen LogP contribution is -2.43. The molecule has 2 aliphatic rings. The molecule has 0 aliphatic carbocycles. The van der Waals surface area contributed by atoms with Crippen molar-refractivity contribution < 1.29 is 14.3 Å². The topological polar surface area (TPSA) is 115 Å². The molecular weight excluding hydrogens is 336 g/mol. The van der Waals surface area contributed by atoms with Crippen molar-refractivity contribution in [2.45, 2.75) is 31.6 Å². The third-order valence-electron chi connectivity index (χ3n) is 4.89. The van der Waals surface area contributed by atoms with Crippen LogP contribution in [0.25, 0.3) is 0 Å². The van der Waals surface area contributed by atoms with Crippen LogP contribution in [-0.2, 0) is 16.1 Å². The minimum Gasteiger partial charge on any atom is -0.377 e. The first-order valence-electron chi connectivity index (χ1n) is 8.49. The maximum absolute atomic E-state index is 13.0. The first-order chi connectivity index (χ1) is 12.5. The summed E-state index contributed by atoms with van der Waals surface area (Å²) >= 11 is 0. The number of ether oxygens (including phenoxy) is 1. The van der Waals surface area contributed by atoms with E-state index in [9.17, 15) is 9.59 Å². The first-order valence-corrected chi connectivity index (χ1v) is 8.49. The number of anilines is 1. The van der Waals surface area contributed by atoms with Crippen molar-refractivity contribution in [2.24, 2.45) is 5.73 Å². The van der Waals surface area contributed by atoms with Gasteiger partial charge in [-0.1, -0.05) is 23.4 Å². The Bertz CT molecular complexity index is 851. The van der Waals surface area contributed by atoms with Gasteiger partial charge < -0.3 is 20.7 Å². The average molecular weight is 356 g/mol. The van der Waals surface area contributed by atoms with Gasteiger partial charge in [-0.05, 0) is 18.6 Å². The summed E-state index contributed by atoms with van der Waals surface area (Å²) in [6, 6.07) is 6.48. The van der Waals surface area contributed by atoms with Crippen molar-refractivity contribution in [3.05, 3.63) is 41.7 Å². The van der Waals surface area contributed by atoms with Crippen molar-refractivity contribution in [1.82, 2.24) is 19.9 Å². The van der Waals surface area contributed by atoms with Crippen LogP contribution in [0.3, 0.4) is 0 Å². The number of aromatic nitrogens is 3. The van der Waals surface area contributed by atoms with Gasteiger partial charge in [-0.3, -0.25) is 9.59 Å². The summed E-state index contributed by atoms with van der Waals surface area (Å²) in [6.07, 6.45) is 1.57. The van der Waals surface area contributed by atoms with Gasteiger partial charge in [-0.15, -0.1) is 5.10 Å². The number of carbonyl (C=O) groups excluding carboxylic acids is 2. The lowest BCUT2D eigenvalue weighted by molar-refractivity contribution is -0.120. The number of carbonyl (C=O) groups is 2. The predicted octanol–water partition coefficient (Wildman–Crippen LogP) is 0.160. The Hall–Kier alpha value is -2.78. The zero-order valence-electron chi connectivity index (χ0n) is 14.3. The fraction of sp³-hybridized carbons (Fsp3) is 0.412. The molecule has 1 fully saturated rings. The van der Waals surface area contributed by atoms with Gasteiger partial charge in [0.05, 0.1) is 31.5 Å². The summed E-state index contributed by atoms with van der Waals surface area (Å²) in [4.78, 5) is 26.9. The number of para-hydroxylation sites is 1. The quantitative estimate of drug-likeness (QED) is 0.792. The smallest absolute Gasteiger partial charge is 0.277 e. The van der Waals surface area contributed by atoms with Gasteiger partial charge in [-0.25, -0.2) is 4.68 Å². The largest absolute Gasteiger partial charge is 0.377 e. The fourth-order valence-corrected chi connectivity index (χ4v) is 3.24. The number of nitrogens with zero attached hydrogens (tertiary/aromatic N) is 4. The van der Waals surface area contributed by atoms with E-state index >= 15 is 0 Å². The number of amides is 2. The molecule has 3 heterocycles. The van der Waals surface area contributed by atoms with Gasteiger partial charge in [0, 0.05) is 12.2 Å². The zero-order valence-corrected chi connectivity index (χ0v) is 14.3. The molecule has 4 rings (SSSR count). The Kier molecular flexibility index (Phi) is 4.17. The zero-order chi connectivity index (χ0) is 18.3. The Morgan fingerprint density at radius 3 is 2.92 bits per heavy atom. The van der Waals surface area contributed by atoms with Gasteiger partial charge in [0.25, 0.3) is 5.91 Å². The second-order valence-electron chi connectivity index (χ2n) is 6.61. The molecule has 26 heavy (non-hydrogen) atoms. The number of nitrogens with two attached hydrogens (primary N) is 1. The molecule has 2 amide bonds. The molecule has 0 spiro atoms. The van der Waals surface area contributed by atoms with Gasteiger partial charge in [0.15, 0.2) is 5.69 Å². The Morgan fingerprint density at radius 1 is 1.35 bits per heavy atom. The second kappa shape index (κ2) is 6.50. The highest BCUT2D eigenvalue weighted by atomic mass is 16.5. The summed E-state index contributed by atoms with van der Waals surface area (Å²) in [6.45, 7) is 2.90. The van der Waals surface area contributed by atoms with E-state index in [0.717, 1.165) is 11.3 Å². The minimum absolute atomic E-state index is 0.144. The molecule has 1 aromatic heterocycles. The third kappa shape index (κ3) is 2.85. The summed E-state index contributed by atoms with van der Waals surface area (Å²) < 4.78 is 6.91. The van der Waals surface area contributed by atoms with E-state index in [1.807, 2.05) is 24.3 Å². The highest BCUT2D eigenvalue weighted by molar-refractivity contribution is 6.01. The van der Waals surface area contributed by atoms with Crippen molar-refractivity contribution in [2.75, 3.05) is 18.5 Å². The summed E-state index contributed by atoms with van der Waals surface area (Å²) in [5, 5.41) is 10.9. The van der Waals surface area contributed by atoms with Crippen LogP contribution < -0.4 is 11.1 Å². The van der Waals surface area contributed by atoms with Crippen molar-refractivity contribution in [1.29, 1.82) is 0 Å².